The van der Waals surface area contributed by atoms with E-state index in [4.69, 9.17) is 21.1 Å². The van der Waals surface area contributed by atoms with Crippen LogP contribution in [-0.2, 0) is 0 Å². The van der Waals surface area contributed by atoms with Gasteiger partial charge < -0.3 is 14.8 Å². The van der Waals surface area contributed by atoms with Crippen LogP contribution in [-0.4, -0.2) is 34.9 Å². The van der Waals surface area contributed by atoms with Crippen LogP contribution in [0, 0.1) is 13.8 Å². The van der Waals surface area contributed by atoms with Gasteiger partial charge in [0.2, 0.25) is 0 Å². The van der Waals surface area contributed by atoms with E-state index in [9.17, 15) is 4.79 Å². The molecule has 0 fully saturated rings. The van der Waals surface area contributed by atoms with Crippen molar-refractivity contribution in [1.82, 2.24) is 14.8 Å². The second-order valence-electron chi connectivity index (χ2n) is 5.89. The number of halogens is 1. The van der Waals surface area contributed by atoms with Gasteiger partial charge in [-0.2, -0.15) is 5.10 Å². The van der Waals surface area contributed by atoms with Gasteiger partial charge in [0, 0.05) is 11.3 Å². The number of carbonyl (C=O) groups is 1. The lowest BCUT2D eigenvalue weighted by atomic mass is 10.2. The van der Waals surface area contributed by atoms with Crippen LogP contribution in [0.1, 0.15) is 21.7 Å². The van der Waals surface area contributed by atoms with Gasteiger partial charge in [0.1, 0.15) is 0 Å². The second-order valence-corrected chi connectivity index (χ2v) is 6.30. The molecule has 2 aromatic heterocycles. The normalized spacial score (nSPS) is 10.6. The van der Waals surface area contributed by atoms with Crippen LogP contribution in [0.2, 0.25) is 5.02 Å². The van der Waals surface area contributed by atoms with Crippen LogP contribution >= 0.6 is 11.6 Å². The van der Waals surface area contributed by atoms with E-state index >= 15 is 0 Å². The third kappa shape index (κ3) is 3.88. The number of ether oxygens (including phenoxy) is 2. The van der Waals surface area contributed by atoms with Crippen molar-refractivity contribution >= 4 is 23.2 Å². The molecule has 0 radical (unpaired) electrons. The molecule has 0 aliphatic heterocycles. The zero-order chi connectivity index (χ0) is 19.6. The Bertz CT molecular complexity index is 983. The lowest BCUT2D eigenvalue weighted by Gasteiger charge is -2.12. The molecule has 27 heavy (non-hydrogen) atoms. The molecule has 0 saturated carbocycles. The largest absolute Gasteiger partial charge is 0.493 e. The summed E-state index contributed by atoms with van der Waals surface area (Å²) in [4.78, 5) is 16.9. The lowest BCUT2D eigenvalue weighted by Crippen LogP contribution is -2.13. The third-order valence-electron chi connectivity index (χ3n) is 3.93. The summed E-state index contributed by atoms with van der Waals surface area (Å²) in [6.07, 6.45) is 1.58. The fraction of sp³-hybridized carbons (Fsp3) is 0.211. The van der Waals surface area contributed by atoms with E-state index in [0.29, 0.717) is 33.6 Å². The molecule has 0 saturated heterocycles. The zero-order valence-corrected chi connectivity index (χ0v) is 16.2. The SMILES string of the molecule is COc1cc(C(=O)Nc2ccc(-n3nc(C)cc3C)nc2)cc(Cl)c1OC. The molecule has 1 aromatic carbocycles. The number of nitrogens with one attached hydrogen (secondary N) is 1. The van der Waals surface area contributed by atoms with E-state index < -0.39 is 0 Å². The van der Waals surface area contributed by atoms with Crippen molar-refractivity contribution < 1.29 is 14.3 Å². The summed E-state index contributed by atoms with van der Waals surface area (Å²) in [5, 5.41) is 7.47. The summed E-state index contributed by atoms with van der Waals surface area (Å²) in [7, 11) is 2.97. The highest BCUT2D eigenvalue weighted by molar-refractivity contribution is 6.32. The molecule has 1 amide bonds. The van der Waals surface area contributed by atoms with E-state index in [1.807, 2.05) is 19.9 Å². The van der Waals surface area contributed by atoms with Gasteiger partial charge in [0.05, 0.1) is 36.8 Å². The number of benzene rings is 1. The highest BCUT2D eigenvalue weighted by Crippen LogP contribution is 2.36. The van der Waals surface area contributed by atoms with Gasteiger partial charge in [-0.05, 0) is 44.2 Å². The molecule has 8 heteroatoms. The van der Waals surface area contributed by atoms with Crippen molar-refractivity contribution in [3.8, 4) is 17.3 Å². The Labute approximate surface area is 161 Å². The number of anilines is 1. The van der Waals surface area contributed by atoms with Crippen LogP contribution in [0.3, 0.4) is 0 Å². The van der Waals surface area contributed by atoms with Crippen molar-refractivity contribution in [1.29, 1.82) is 0 Å². The minimum absolute atomic E-state index is 0.292. The number of aryl methyl sites for hydroxylation is 2. The Morgan fingerprint density at radius 3 is 2.48 bits per heavy atom. The van der Waals surface area contributed by atoms with Crippen LogP contribution in [0.5, 0.6) is 11.5 Å². The van der Waals surface area contributed by atoms with Crippen molar-refractivity contribution in [2.75, 3.05) is 19.5 Å². The molecular formula is C19H19ClN4O3. The lowest BCUT2D eigenvalue weighted by molar-refractivity contribution is 0.102. The van der Waals surface area contributed by atoms with Gasteiger partial charge in [0.25, 0.3) is 5.91 Å². The Morgan fingerprint density at radius 2 is 1.93 bits per heavy atom. The smallest absolute Gasteiger partial charge is 0.255 e. The summed E-state index contributed by atoms with van der Waals surface area (Å²) in [5.41, 5.74) is 2.80. The monoisotopic (exact) mass is 386 g/mol. The predicted molar refractivity (Wildman–Crippen MR) is 103 cm³/mol. The van der Waals surface area contributed by atoms with Gasteiger partial charge >= 0.3 is 0 Å². The number of amides is 1. The fourth-order valence-corrected chi connectivity index (χ4v) is 2.99. The van der Waals surface area contributed by atoms with Crippen molar-refractivity contribution in [2.24, 2.45) is 0 Å². The van der Waals surface area contributed by atoms with Gasteiger partial charge in [0.15, 0.2) is 17.3 Å². The molecule has 0 unspecified atom stereocenters. The maximum atomic E-state index is 12.5. The third-order valence-corrected chi connectivity index (χ3v) is 4.21. The minimum atomic E-state index is -0.335. The molecular weight excluding hydrogens is 368 g/mol. The number of rotatable bonds is 5. The summed E-state index contributed by atoms with van der Waals surface area (Å²) in [5.74, 6) is 1.10. The maximum Gasteiger partial charge on any atom is 0.255 e. The number of methoxy groups -OCH3 is 2. The average Bonchev–Trinajstić information content (AvgIpc) is 2.99. The topological polar surface area (TPSA) is 78.3 Å². The van der Waals surface area contributed by atoms with E-state index in [1.54, 1.807) is 29.1 Å². The van der Waals surface area contributed by atoms with Crippen LogP contribution in [0.15, 0.2) is 36.5 Å². The Kier molecular flexibility index (Phi) is 5.32. The van der Waals surface area contributed by atoms with Gasteiger partial charge in [-0.15, -0.1) is 0 Å². The average molecular weight is 387 g/mol. The number of pyridine rings is 1. The predicted octanol–water partition coefficient (Wildman–Crippen LogP) is 3.81. The molecule has 0 aliphatic rings. The van der Waals surface area contributed by atoms with E-state index in [0.717, 1.165) is 11.4 Å². The molecule has 3 rings (SSSR count). The van der Waals surface area contributed by atoms with Gasteiger partial charge in [-0.25, -0.2) is 9.67 Å². The maximum absolute atomic E-state index is 12.5. The number of carbonyl (C=O) groups excluding carboxylic acids is 1. The van der Waals surface area contributed by atoms with Crippen molar-refractivity contribution in [3.05, 3.63) is 58.5 Å². The van der Waals surface area contributed by atoms with E-state index in [1.165, 1.54) is 20.3 Å². The molecule has 2 heterocycles. The zero-order valence-electron chi connectivity index (χ0n) is 15.4. The summed E-state index contributed by atoms with van der Waals surface area (Å²) < 4.78 is 12.1. The summed E-state index contributed by atoms with van der Waals surface area (Å²) in [6.45, 7) is 3.88. The molecule has 3 aromatic rings. The highest BCUT2D eigenvalue weighted by Gasteiger charge is 2.15. The number of hydrogen-bond acceptors (Lipinski definition) is 5. The Balaban J connectivity index is 1.80. The first-order chi connectivity index (χ1) is 12.9. The molecule has 0 atom stereocenters. The van der Waals surface area contributed by atoms with Crippen LogP contribution in [0.4, 0.5) is 5.69 Å². The Morgan fingerprint density at radius 1 is 1.15 bits per heavy atom. The first-order valence-electron chi connectivity index (χ1n) is 8.15. The standard InChI is InChI=1S/C19H19ClN4O3/c1-11-7-12(2)24(23-11)17-6-5-14(10-21-17)22-19(25)13-8-15(20)18(27-4)16(9-13)26-3/h5-10H,1-4H3,(H,22,25). The second kappa shape index (κ2) is 7.67. The van der Waals surface area contributed by atoms with Crippen LogP contribution in [0.25, 0.3) is 5.82 Å². The van der Waals surface area contributed by atoms with Gasteiger partial charge in [-0.3, -0.25) is 4.79 Å². The molecule has 140 valence electrons. The number of nitrogens with zero attached hydrogens (tertiary/aromatic N) is 3. The summed E-state index contributed by atoms with van der Waals surface area (Å²) >= 11 is 6.16. The molecule has 7 nitrogen and oxygen atoms in total. The van der Waals surface area contributed by atoms with E-state index in [-0.39, 0.29) is 5.91 Å². The van der Waals surface area contributed by atoms with Crippen molar-refractivity contribution in [3.63, 3.8) is 0 Å². The fourth-order valence-electron chi connectivity index (χ4n) is 2.70. The van der Waals surface area contributed by atoms with Crippen LogP contribution < -0.4 is 14.8 Å². The number of hydrogen-bond donors (Lipinski definition) is 1. The summed E-state index contributed by atoms with van der Waals surface area (Å²) in [6, 6.07) is 8.61. The molecule has 0 bridgehead atoms. The minimum Gasteiger partial charge on any atom is -0.493 e. The first-order valence-corrected chi connectivity index (χ1v) is 8.53. The quantitative estimate of drug-likeness (QED) is 0.721. The van der Waals surface area contributed by atoms with Gasteiger partial charge in [-0.1, -0.05) is 11.6 Å². The van der Waals surface area contributed by atoms with E-state index in [2.05, 4.69) is 15.4 Å². The van der Waals surface area contributed by atoms with Crippen molar-refractivity contribution in [2.45, 2.75) is 13.8 Å². The first kappa shape index (κ1) is 18.7. The Hall–Kier alpha value is -3.06. The molecule has 0 spiro atoms. The highest BCUT2D eigenvalue weighted by atomic mass is 35.5. The number of aromatic nitrogens is 3. The molecule has 1 N–H and O–H groups in total. The molecule has 0 aliphatic carbocycles.